The van der Waals surface area contributed by atoms with Crippen molar-refractivity contribution >= 4 is 23.1 Å². The molecule has 7 heteroatoms. The Hall–Kier alpha value is -1.40. The van der Waals surface area contributed by atoms with Crippen molar-refractivity contribution in [2.24, 2.45) is 11.7 Å². The van der Waals surface area contributed by atoms with Crippen molar-refractivity contribution in [1.82, 2.24) is 4.98 Å². The number of nitrogens with two attached hydrogens (primary N) is 1. The number of halogens is 1. The van der Waals surface area contributed by atoms with E-state index in [1.54, 1.807) is 0 Å². The minimum atomic E-state index is -0.459. The number of anilines is 1. The van der Waals surface area contributed by atoms with Crippen LogP contribution in [0.1, 0.15) is 13.3 Å². The fourth-order valence-corrected chi connectivity index (χ4v) is 2.52. The Morgan fingerprint density at radius 1 is 1.61 bits per heavy atom. The first-order valence-electron chi connectivity index (χ1n) is 5.78. The van der Waals surface area contributed by atoms with E-state index in [2.05, 4.69) is 11.9 Å². The molecule has 2 rings (SSSR count). The maximum Gasteiger partial charge on any atom is 0.313 e. The van der Waals surface area contributed by atoms with Crippen LogP contribution in [0, 0.1) is 16.0 Å². The summed E-state index contributed by atoms with van der Waals surface area (Å²) in [5, 5.41) is 11.3. The molecule has 1 aromatic heterocycles. The topological polar surface area (TPSA) is 85.3 Å². The minimum absolute atomic E-state index is 0.0193. The fourth-order valence-electron chi connectivity index (χ4n) is 2.37. The molecule has 2 heterocycles. The highest BCUT2D eigenvalue weighted by atomic mass is 35.5. The highest BCUT2D eigenvalue weighted by Gasteiger charge is 2.28. The van der Waals surface area contributed by atoms with E-state index in [1.807, 2.05) is 4.90 Å². The van der Waals surface area contributed by atoms with Gasteiger partial charge in [-0.3, -0.25) is 10.1 Å². The second-order valence-electron chi connectivity index (χ2n) is 4.76. The summed E-state index contributed by atoms with van der Waals surface area (Å²) in [6.45, 7) is 3.39. The van der Waals surface area contributed by atoms with Gasteiger partial charge in [-0.05, 0) is 12.3 Å². The number of pyridine rings is 1. The number of hydrogen-bond acceptors (Lipinski definition) is 5. The molecule has 2 N–H and O–H groups in total. The van der Waals surface area contributed by atoms with Gasteiger partial charge in [0.2, 0.25) is 5.82 Å². The lowest BCUT2D eigenvalue weighted by molar-refractivity contribution is -0.384. The van der Waals surface area contributed by atoms with Gasteiger partial charge in [-0.25, -0.2) is 4.98 Å². The van der Waals surface area contributed by atoms with E-state index in [9.17, 15) is 10.1 Å². The van der Waals surface area contributed by atoms with E-state index in [4.69, 9.17) is 17.3 Å². The van der Waals surface area contributed by atoms with Crippen LogP contribution in [0.3, 0.4) is 0 Å². The number of rotatable bonds is 2. The third kappa shape index (κ3) is 2.70. The summed E-state index contributed by atoms with van der Waals surface area (Å²) >= 11 is 5.75. The molecule has 2 unspecified atom stereocenters. The van der Waals surface area contributed by atoms with Crippen LogP contribution in [0.2, 0.25) is 5.02 Å². The first-order chi connectivity index (χ1) is 8.47. The van der Waals surface area contributed by atoms with Gasteiger partial charge in [0.05, 0.1) is 9.95 Å². The summed E-state index contributed by atoms with van der Waals surface area (Å²) in [5.41, 5.74) is 5.88. The highest BCUT2D eigenvalue weighted by molar-refractivity contribution is 6.30. The maximum absolute atomic E-state index is 11.0. The predicted octanol–water partition coefficient (Wildman–Crippen LogP) is 1.82. The number of aromatic nitrogens is 1. The van der Waals surface area contributed by atoms with Gasteiger partial charge >= 0.3 is 5.69 Å². The Labute approximate surface area is 110 Å². The van der Waals surface area contributed by atoms with Gasteiger partial charge in [-0.2, -0.15) is 0 Å². The molecule has 0 bridgehead atoms. The van der Waals surface area contributed by atoms with Crippen LogP contribution >= 0.6 is 11.6 Å². The monoisotopic (exact) mass is 270 g/mol. The van der Waals surface area contributed by atoms with Gasteiger partial charge in [-0.1, -0.05) is 18.5 Å². The average Bonchev–Trinajstić information content (AvgIpc) is 2.27. The lowest BCUT2D eigenvalue weighted by Crippen LogP contribution is -2.46. The van der Waals surface area contributed by atoms with Gasteiger partial charge in [0, 0.05) is 31.4 Å². The second-order valence-corrected chi connectivity index (χ2v) is 5.20. The molecule has 0 saturated carbocycles. The van der Waals surface area contributed by atoms with Crippen molar-refractivity contribution in [2.45, 2.75) is 19.4 Å². The molecule has 0 spiro atoms. The summed E-state index contributed by atoms with van der Waals surface area (Å²) in [6.07, 6.45) is 2.35. The molecule has 98 valence electrons. The molecule has 1 aromatic rings. The molecule has 6 nitrogen and oxygen atoms in total. The molecule has 0 radical (unpaired) electrons. The summed E-state index contributed by atoms with van der Waals surface area (Å²) < 4.78 is 0. The van der Waals surface area contributed by atoms with Gasteiger partial charge in [0.25, 0.3) is 0 Å². The lowest BCUT2D eigenvalue weighted by atomic mass is 9.96. The number of piperidine rings is 1. The Bertz CT molecular complexity index is 458. The molecule has 0 amide bonds. The average molecular weight is 271 g/mol. The molecular formula is C11H15ClN4O2. The lowest BCUT2D eigenvalue weighted by Gasteiger charge is -2.35. The predicted molar refractivity (Wildman–Crippen MR) is 69.9 cm³/mol. The zero-order chi connectivity index (χ0) is 13.3. The summed E-state index contributed by atoms with van der Waals surface area (Å²) in [5.74, 6) is 0.747. The third-order valence-electron chi connectivity index (χ3n) is 3.00. The smallest absolute Gasteiger partial charge is 0.313 e. The Kier molecular flexibility index (Phi) is 3.68. The second kappa shape index (κ2) is 5.07. The van der Waals surface area contributed by atoms with E-state index in [0.29, 0.717) is 18.3 Å². The van der Waals surface area contributed by atoms with Crippen molar-refractivity contribution in [1.29, 1.82) is 0 Å². The van der Waals surface area contributed by atoms with Crippen LogP contribution in [-0.2, 0) is 0 Å². The van der Waals surface area contributed by atoms with Crippen molar-refractivity contribution < 1.29 is 4.92 Å². The molecule has 1 saturated heterocycles. The van der Waals surface area contributed by atoms with Crippen molar-refractivity contribution in [3.8, 4) is 0 Å². The number of nitro groups is 1. The first kappa shape index (κ1) is 13.0. The van der Waals surface area contributed by atoms with Crippen LogP contribution in [0.25, 0.3) is 0 Å². The standard InChI is InChI=1S/C11H15ClN4O2/c1-7-2-9(13)6-15(5-7)11-10(16(17)18)3-8(12)4-14-11/h3-4,7,9H,2,5-6,13H2,1H3. The number of nitrogens with zero attached hydrogens (tertiary/aromatic N) is 3. The molecule has 0 aromatic carbocycles. The van der Waals surface area contributed by atoms with Gasteiger partial charge in [-0.15, -0.1) is 0 Å². The Morgan fingerprint density at radius 3 is 2.94 bits per heavy atom. The Morgan fingerprint density at radius 2 is 2.33 bits per heavy atom. The zero-order valence-corrected chi connectivity index (χ0v) is 10.8. The van der Waals surface area contributed by atoms with Gasteiger partial charge in [0.15, 0.2) is 0 Å². The SMILES string of the molecule is CC1CC(N)CN(c2ncc(Cl)cc2[N+](=O)[O-])C1. The molecule has 1 aliphatic heterocycles. The highest BCUT2D eigenvalue weighted by Crippen LogP contribution is 2.31. The van der Waals surface area contributed by atoms with Gasteiger partial charge < -0.3 is 10.6 Å². The third-order valence-corrected chi connectivity index (χ3v) is 3.21. The quantitative estimate of drug-likeness (QED) is 0.654. The minimum Gasteiger partial charge on any atom is -0.349 e. The summed E-state index contributed by atoms with van der Waals surface area (Å²) in [6, 6.07) is 1.35. The van der Waals surface area contributed by atoms with E-state index in [0.717, 1.165) is 13.0 Å². The normalized spacial score (nSPS) is 24.1. The Balaban J connectivity index is 2.35. The zero-order valence-electron chi connectivity index (χ0n) is 10.0. The summed E-state index contributed by atoms with van der Waals surface area (Å²) in [7, 11) is 0. The first-order valence-corrected chi connectivity index (χ1v) is 6.15. The van der Waals surface area contributed by atoms with Crippen LogP contribution in [0.15, 0.2) is 12.3 Å². The van der Waals surface area contributed by atoms with E-state index in [1.165, 1.54) is 12.3 Å². The maximum atomic E-state index is 11.0. The molecule has 2 atom stereocenters. The molecule has 18 heavy (non-hydrogen) atoms. The van der Waals surface area contributed by atoms with E-state index in [-0.39, 0.29) is 16.8 Å². The molecular weight excluding hydrogens is 256 g/mol. The molecule has 1 fully saturated rings. The molecule has 0 aliphatic carbocycles. The van der Waals surface area contributed by atoms with Crippen molar-refractivity contribution in [3.63, 3.8) is 0 Å². The largest absolute Gasteiger partial charge is 0.349 e. The van der Waals surface area contributed by atoms with E-state index >= 15 is 0 Å². The van der Waals surface area contributed by atoms with Crippen LogP contribution in [0.5, 0.6) is 0 Å². The van der Waals surface area contributed by atoms with Crippen molar-refractivity contribution in [2.75, 3.05) is 18.0 Å². The summed E-state index contributed by atoms with van der Waals surface area (Å²) in [4.78, 5) is 16.5. The van der Waals surface area contributed by atoms with Gasteiger partial charge in [0.1, 0.15) is 0 Å². The fraction of sp³-hybridized carbons (Fsp3) is 0.545. The van der Waals surface area contributed by atoms with Crippen LogP contribution < -0.4 is 10.6 Å². The molecule has 1 aliphatic rings. The van der Waals surface area contributed by atoms with E-state index < -0.39 is 4.92 Å². The number of hydrogen-bond donors (Lipinski definition) is 1. The van der Waals surface area contributed by atoms with Crippen LogP contribution in [0.4, 0.5) is 11.5 Å². The van der Waals surface area contributed by atoms with Crippen molar-refractivity contribution in [3.05, 3.63) is 27.4 Å². The van der Waals surface area contributed by atoms with Crippen LogP contribution in [-0.4, -0.2) is 29.0 Å².